The van der Waals surface area contributed by atoms with Gasteiger partial charge in [0.05, 0.1) is 5.69 Å². The van der Waals surface area contributed by atoms with E-state index in [1.807, 2.05) is 54.6 Å². The van der Waals surface area contributed by atoms with Crippen molar-refractivity contribution >= 4 is 39.5 Å². The Hall–Kier alpha value is -2.07. The van der Waals surface area contributed by atoms with Gasteiger partial charge in [0, 0.05) is 17.1 Å². The predicted molar refractivity (Wildman–Crippen MR) is 83.3 cm³/mol. The summed E-state index contributed by atoms with van der Waals surface area (Å²) < 4.78 is 6.41. The van der Waals surface area contributed by atoms with E-state index in [9.17, 15) is 4.79 Å². The summed E-state index contributed by atoms with van der Waals surface area (Å²) in [6, 6.07) is 15.5. The van der Waals surface area contributed by atoms with Crippen molar-refractivity contribution in [1.82, 2.24) is 0 Å². The maximum Gasteiger partial charge on any atom is 0.419 e. The van der Waals surface area contributed by atoms with Crippen LogP contribution in [0.15, 0.2) is 53.0 Å². The lowest BCUT2D eigenvalue weighted by Gasteiger charge is -2.26. The second-order valence-electron chi connectivity index (χ2n) is 4.50. The highest BCUT2D eigenvalue weighted by atomic mass is 79.9. The van der Waals surface area contributed by atoms with Gasteiger partial charge in [-0.1, -0.05) is 40.2 Å². The van der Waals surface area contributed by atoms with E-state index < -0.39 is 0 Å². The summed E-state index contributed by atoms with van der Waals surface area (Å²) in [5.41, 5.74) is 2.75. The van der Waals surface area contributed by atoms with Crippen molar-refractivity contribution in [2.75, 3.05) is 11.9 Å². The van der Waals surface area contributed by atoms with Crippen molar-refractivity contribution in [3.05, 3.63) is 64.1 Å². The molecule has 3 nitrogen and oxygen atoms in total. The summed E-state index contributed by atoms with van der Waals surface area (Å²) in [6.07, 6.45) is 1.50. The number of carbonyl (C=O) groups is 1. The molecule has 2 aromatic rings. The number of nitrogens with zero attached hydrogens (tertiary/aromatic N) is 1. The summed E-state index contributed by atoms with van der Waals surface area (Å²) in [7, 11) is 1.71. The first kappa shape index (κ1) is 12.9. The summed E-state index contributed by atoms with van der Waals surface area (Å²) in [6.45, 7) is 0. The van der Waals surface area contributed by atoms with E-state index in [-0.39, 0.29) is 6.09 Å². The van der Waals surface area contributed by atoms with Crippen molar-refractivity contribution < 1.29 is 9.53 Å². The molecule has 20 heavy (non-hydrogen) atoms. The summed E-state index contributed by atoms with van der Waals surface area (Å²) >= 11 is 3.40. The number of hydrogen-bond acceptors (Lipinski definition) is 2. The molecule has 0 spiro atoms. The Labute approximate surface area is 125 Å². The molecule has 0 atom stereocenters. The first-order chi connectivity index (χ1) is 9.65. The fourth-order valence-corrected chi connectivity index (χ4v) is 2.37. The molecule has 0 N–H and O–H groups in total. The van der Waals surface area contributed by atoms with Crippen molar-refractivity contribution in [2.24, 2.45) is 0 Å². The van der Waals surface area contributed by atoms with Gasteiger partial charge in [0.1, 0.15) is 5.76 Å². The third kappa shape index (κ3) is 2.34. The standard InChI is InChI=1S/C16H12BrNO2/c1-18-14-5-3-2-4-13(14)15(20-16(18)19)10-11-6-8-12(17)9-7-11/h2-10H,1H3/b15-10-. The number of para-hydroxylation sites is 1. The highest BCUT2D eigenvalue weighted by Crippen LogP contribution is 2.34. The number of amides is 1. The molecule has 1 amide bonds. The number of hydrogen-bond donors (Lipinski definition) is 0. The Morgan fingerprint density at radius 2 is 1.80 bits per heavy atom. The molecular weight excluding hydrogens is 318 g/mol. The maximum atomic E-state index is 11.9. The van der Waals surface area contributed by atoms with Gasteiger partial charge >= 0.3 is 6.09 Å². The number of rotatable bonds is 1. The number of benzene rings is 2. The van der Waals surface area contributed by atoms with E-state index in [0.29, 0.717) is 5.76 Å². The molecule has 4 heteroatoms. The zero-order chi connectivity index (χ0) is 14.1. The largest absolute Gasteiger partial charge is 0.419 e. The van der Waals surface area contributed by atoms with E-state index in [4.69, 9.17) is 4.74 Å². The normalized spacial score (nSPS) is 16.0. The number of cyclic esters (lactones) is 1. The third-order valence-electron chi connectivity index (χ3n) is 3.17. The minimum absolute atomic E-state index is 0.368. The zero-order valence-corrected chi connectivity index (χ0v) is 12.4. The average Bonchev–Trinajstić information content (AvgIpc) is 2.47. The molecule has 0 saturated heterocycles. The Morgan fingerprint density at radius 1 is 1.10 bits per heavy atom. The van der Waals surface area contributed by atoms with Crippen molar-refractivity contribution in [3.8, 4) is 0 Å². The number of halogens is 1. The van der Waals surface area contributed by atoms with Crippen LogP contribution in [0.4, 0.5) is 10.5 Å². The molecule has 3 rings (SSSR count). The lowest BCUT2D eigenvalue weighted by molar-refractivity contribution is 0.199. The topological polar surface area (TPSA) is 29.5 Å². The van der Waals surface area contributed by atoms with Crippen molar-refractivity contribution in [2.45, 2.75) is 0 Å². The summed E-state index contributed by atoms with van der Waals surface area (Å²) in [5, 5.41) is 0. The SMILES string of the molecule is CN1C(=O)O/C(=C\c2ccc(Br)cc2)c2ccccc21. The van der Waals surface area contributed by atoms with E-state index in [0.717, 1.165) is 21.3 Å². The number of ether oxygens (including phenoxy) is 1. The van der Waals surface area contributed by atoms with Crippen LogP contribution in [0.25, 0.3) is 11.8 Å². The van der Waals surface area contributed by atoms with Crippen LogP contribution in [-0.4, -0.2) is 13.1 Å². The maximum absolute atomic E-state index is 11.9. The molecule has 0 fully saturated rings. The van der Waals surface area contributed by atoms with Gasteiger partial charge in [0.25, 0.3) is 0 Å². The van der Waals surface area contributed by atoms with Gasteiger partial charge in [-0.2, -0.15) is 0 Å². The van der Waals surface area contributed by atoms with E-state index in [1.165, 1.54) is 4.90 Å². The van der Waals surface area contributed by atoms with Crippen LogP contribution >= 0.6 is 15.9 Å². The molecule has 1 aliphatic rings. The lowest BCUT2D eigenvalue weighted by atomic mass is 10.1. The van der Waals surface area contributed by atoms with Crippen molar-refractivity contribution in [1.29, 1.82) is 0 Å². The highest BCUT2D eigenvalue weighted by molar-refractivity contribution is 9.10. The van der Waals surface area contributed by atoms with Crippen LogP contribution in [0.1, 0.15) is 11.1 Å². The first-order valence-electron chi connectivity index (χ1n) is 6.17. The Kier molecular flexibility index (Phi) is 3.32. The van der Waals surface area contributed by atoms with Crippen LogP contribution in [0.5, 0.6) is 0 Å². The molecule has 0 bridgehead atoms. The summed E-state index contributed by atoms with van der Waals surface area (Å²) in [5.74, 6) is 0.575. The highest BCUT2D eigenvalue weighted by Gasteiger charge is 2.25. The molecule has 1 heterocycles. The van der Waals surface area contributed by atoms with E-state index in [2.05, 4.69) is 15.9 Å². The first-order valence-corrected chi connectivity index (χ1v) is 6.96. The monoisotopic (exact) mass is 329 g/mol. The van der Waals surface area contributed by atoms with Gasteiger partial charge in [-0.3, -0.25) is 4.90 Å². The molecule has 0 aliphatic carbocycles. The second kappa shape index (κ2) is 5.13. The Bertz CT molecular complexity index is 692. The number of anilines is 1. The Morgan fingerprint density at radius 3 is 2.55 bits per heavy atom. The minimum Gasteiger partial charge on any atom is -0.409 e. The third-order valence-corrected chi connectivity index (χ3v) is 3.70. The lowest BCUT2D eigenvalue weighted by Crippen LogP contribution is -2.31. The van der Waals surface area contributed by atoms with Crippen LogP contribution in [0, 0.1) is 0 Å². The molecular formula is C16H12BrNO2. The zero-order valence-electron chi connectivity index (χ0n) is 10.8. The Balaban J connectivity index is 2.08. The fraction of sp³-hybridized carbons (Fsp3) is 0.0625. The fourth-order valence-electron chi connectivity index (χ4n) is 2.11. The van der Waals surface area contributed by atoms with Crippen LogP contribution < -0.4 is 4.90 Å². The van der Waals surface area contributed by atoms with Gasteiger partial charge < -0.3 is 4.74 Å². The van der Waals surface area contributed by atoms with Gasteiger partial charge in [-0.15, -0.1) is 0 Å². The van der Waals surface area contributed by atoms with Crippen LogP contribution in [0.3, 0.4) is 0 Å². The molecule has 0 saturated carbocycles. The second-order valence-corrected chi connectivity index (χ2v) is 5.42. The van der Waals surface area contributed by atoms with Gasteiger partial charge in [-0.25, -0.2) is 4.79 Å². The molecule has 0 radical (unpaired) electrons. The van der Waals surface area contributed by atoms with Crippen LogP contribution in [0.2, 0.25) is 0 Å². The molecule has 2 aromatic carbocycles. The molecule has 100 valence electrons. The average molecular weight is 330 g/mol. The number of fused-ring (bicyclic) bond motifs is 1. The summed E-state index contributed by atoms with van der Waals surface area (Å²) in [4.78, 5) is 13.4. The van der Waals surface area contributed by atoms with Gasteiger partial charge in [0.2, 0.25) is 0 Å². The van der Waals surface area contributed by atoms with Crippen molar-refractivity contribution in [3.63, 3.8) is 0 Å². The number of carbonyl (C=O) groups excluding carboxylic acids is 1. The smallest absolute Gasteiger partial charge is 0.409 e. The minimum atomic E-state index is -0.368. The predicted octanol–water partition coefficient (Wildman–Crippen LogP) is 4.53. The molecule has 1 aliphatic heterocycles. The van der Waals surface area contributed by atoms with E-state index >= 15 is 0 Å². The van der Waals surface area contributed by atoms with Gasteiger partial charge in [-0.05, 0) is 35.9 Å². The molecule has 0 unspecified atom stereocenters. The van der Waals surface area contributed by atoms with Gasteiger partial charge in [0.15, 0.2) is 0 Å². The van der Waals surface area contributed by atoms with Crippen LogP contribution in [-0.2, 0) is 4.74 Å². The molecule has 0 aromatic heterocycles. The van der Waals surface area contributed by atoms with E-state index in [1.54, 1.807) is 7.05 Å². The quantitative estimate of drug-likeness (QED) is 0.769.